The zero-order chi connectivity index (χ0) is 20.8. The molecule has 0 bridgehead atoms. The van der Waals surface area contributed by atoms with Crippen molar-refractivity contribution in [2.45, 2.75) is 12.0 Å². The summed E-state index contributed by atoms with van der Waals surface area (Å²) in [5, 5.41) is 3.83. The molecule has 2 aliphatic rings. The van der Waals surface area contributed by atoms with E-state index >= 15 is 0 Å². The highest BCUT2D eigenvalue weighted by Gasteiger charge is 2.58. The molecular formula is C19H17ClN6O3S. The van der Waals surface area contributed by atoms with E-state index in [0.29, 0.717) is 23.2 Å². The minimum absolute atomic E-state index is 0.188. The number of anilines is 1. The lowest BCUT2D eigenvalue weighted by atomic mass is 10.1. The number of benzene rings is 2. The van der Waals surface area contributed by atoms with Crippen LogP contribution in [-0.2, 0) is 10.2 Å². The van der Waals surface area contributed by atoms with Gasteiger partial charge in [-0.3, -0.25) is 10.3 Å². The monoisotopic (exact) mass is 444 g/mol. The molecule has 2 aromatic carbocycles. The molecule has 154 valence electrons. The van der Waals surface area contributed by atoms with E-state index in [4.69, 9.17) is 16.3 Å². The van der Waals surface area contributed by atoms with Crippen LogP contribution in [0.25, 0.3) is 0 Å². The molecule has 0 amide bonds. The molecule has 5 rings (SSSR count). The van der Waals surface area contributed by atoms with E-state index in [1.54, 1.807) is 24.5 Å². The van der Waals surface area contributed by atoms with Gasteiger partial charge in [-0.25, -0.2) is 4.98 Å². The molecule has 1 atom stereocenters. The summed E-state index contributed by atoms with van der Waals surface area (Å²) in [5.41, 5.74) is 1.73. The number of nitrogens with one attached hydrogen (secondary N) is 3. The van der Waals surface area contributed by atoms with Crippen LogP contribution >= 0.6 is 11.6 Å². The standard InChI is InChI=1S/C19H17ClN6O3S/c20-14-4-6-15(7-5-14)26-17(11-23-19(26)24-30(27,28)25-19)13-2-1-3-16(10-13)29-18-12-21-8-9-22-18/h1-10,12,17,23-25H,11H2/t17-/m1/s1. The molecule has 3 aromatic rings. The summed E-state index contributed by atoms with van der Waals surface area (Å²) in [5.74, 6) is -0.121. The van der Waals surface area contributed by atoms with Crippen LogP contribution in [0.3, 0.4) is 0 Å². The first-order valence-electron chi connectivity index (χ1n) is 9.11. The summed E-state index contributed by atoms with van der Waals surface area (Å²) < 4.78 is 34.7. The Labute approximate surface area is 178 Å². The molecule has 2 aliphatic heterocycles. The normalized spacial score (nSPS) is 21.4. The highest BCUT2D eigenvalue weighted by Crippen LogP contribution is 2.39. The van der Waals surface area contributed by atoms with Crippen molar-refractivity contribution in [3.63, 3.8) is 0 Å². The van der Waals surface area contributed by atoms with Crippen LogP contribution in [0.15, 0.2) is 67.1 Å². The molecule has 3 N–H and O–H groups in total. The number of hydrogen-bond acceptors (Lipinski definition) is 7. The average molecular weight is 445 g/mol. The van der Waals surface area contributed by atoms with Crippen molar-refractivity contribution >= 4 is 27.5 Å². The first-order valence-corrected chi connectivity index (χ1v) is 11.0. The number of rotatable bonds is 4. The molecule has 9 nitrogen and oxygen atoms in total. The third kappa shape index (κ3) is 3.48. The predicted molar refractivity (Wildman–Crippen MR) is 111 cm³/mol. The highest BCUT2D eigenvalue weighted by atomic mass is 35.5. The van der Waals surface area contributed by atoms with Crippen LogP contribution in [-0.4, -0.2) is 30.8 Å². The first kappa shape index (κ1) is 19.2. The fourth-order valence-electron chi connectivity index (χ4n) is 3.70. The van der Waals surface area contributed by atoms with Gasteiger partial charge in [-0.1, -0.05) is 23.7 Å². The predicted octanol–water partition coefficient (Wildman–Crippen LogP) is 2.12. The Bertz CT molecular complexity index is 1160. The molecule has 3 heterocycles. The fraction of sp³-hybridized carbons (Fsp3) is 0.158. The van der Waals surface area contributed by atoms with Gasteiger partial charge < -0.3 is 9.64 Å². The van der Waals surface area contributed by atoms with Gasteiger partial charge in [-0.15, -0.1) is 9.44 Å². The van der Waals surface area contributed by atoms with Crippen LogP contribution in [0.2, 0.25) is 5.02 Å². The Balaban J connectivity index is 1.50. The molecule has 2 saturated heterocycles. The van der Waals surface area contributed by atoms with Gasteiger partial charge in [0, 0.05) is 29.6 Å². The SMILES string of the molecule is O=S1(=O)NC2(NC[C@H](c3cccc(Oc4cnccn4)c3)N2c2ccc(Cl)cc2)N1. The summed E-state index contributed by atoms with van der Waals surface area (Å²) in [4.78, 5) is 10.1. The van der Waals surface area contributed by atoms with Crippen LogP contribution in [0.1, 0.15) is 11.6 Å². The van der Waals surface area contributed by atoms with Crippen molar-refractivity contribution in [2.75, 3.05) is 11.4 Å². The molecule has 11 heteroatoms. The minimum Gasteiger partial charge on any atom is -0.437 e. The third-order valence-electron chi connectivity index (χ3n) is 4.90. The van der Waals surface area contributed by atoms with Crippen molar-refractivity contribution < 1.29 is 13.2 Å². The second kappa shape index (κ2) is 7.18. The van der Waals surface area contributed by atoms with Gasteiger partial charge in [0.25, 0.3) is 10.2 Å². The smallest absolute Gasteiger partial charge is 0.285 e. The van der Waals surface area contributed by atoms with Crippen LogP contribution in [0, 0.1) is 0 Å². The molecule has 2 fully saturated rings. The highest BCUT2D eigenvalue weighted by molar-refractivity contribution is 7.88. The number of hydrogen-bond donors (Lipinski definition) is 3. The largest absolute Gasteiger partial charge is 0.437 e. The third-order valence-corrected chi connectivity index (χ3v) is 6.28. The van der Waals surface area contributed by atoms with Crippen LogP contribution in [0.4, 0.5) is 5.69 Å². The van der Waals surface area contributed by atoms with Gasteiger partial charge in [0.15, 0.2) is 0 Å². The molecule has 0 radical (unpaired) electrons. The average Bonchev–Trinajstić information content (AvgIpc) is 3.08. The van der Waals surface area contributed by atoms with Gasteiger partial charge >= 0.3 is 0 Å². The Morgan fingerprint density at radius 2 is 1.93 bits per heavy atom. The number of aromatic nitrogens is 2. The van der Waals surface area contributed by atoms with Crippen molar-refractivity contribution in [1.82, 2.24) is 24.7 Å². The Hall–Kier alpha value is -2.76. The molecule has 1 aromatic heterocycles. The lowest BCUT2D eigenvalue weighted by molar-refractivity contribution is 0.271. The fourth-order valence-corrected chi connectivity index (χ4v) is 4.95. The summed E-state index contributed by atoms with van der Waals surface area (Å²) in [6, 6.07) is 14.6. The van der Waals surface area contributed by atoms with E-state index in [2.05, 4.69) is 24.7 Å². The van der Waals surface area contributed by atoms with Gasteiger partial charge in [-0.2, -0.15) is 8.42 Å². The van der Waals surface area contributed by atoms with E-state index < -0.39 is 16.1 Å². The van der Waals surface area contributed by atoms with Gasteiger partial charge in [0.05, 0.1) is 12.2 Å². The second-order valence-corrected chi connectivity index (χ2v) is 8.73. The molecular weight excluding hydrogens is 428 g/mol. The van der Waals surface area contributed by atoms with E-state index in [1.807, 2.05) is 41.3 Å². The number of halogens is 1. The molecule has 1 spiro atoms. The van der Waals surface area contributed by atoms with Crippen LogP contribution in [0.5, 0.6) is 11.6 Å². The lowest BCUT2D eigenvalue weighted by Crippen LogP contribution is -2.84. The summed E-state index contributed by atoms with van der Waals surface area (Å²) in [6.07, 6.45) is 4.66. The van der Waals surface area contributed by atoms with Gasteiger partial charge in [-0.05, 0) is 42.0 Å². The summed E-state index contributed by atoms with van der Waals surface area (Å²) in [6.45, 7) is 0.493. The van der Waals surface area contributed by atoms with Gasteiger partial charge in [0.1, 0.15) is 5.75 Å². The van der Waals surface area contributed by atoms with Crippen molar-refractivity contribution in [3.05, 3.63) is 77.7 Å². The van der Waals surface area contributed by atoms with E-state index in [1.165, 1.54) is 6.20 Å². The lowest BCUT2D eigenvalue weighted by Gasteiger charge is -2.47. The summed E-state index contributed by atoms with van der Waals surface area (Å²) in [7, 11) is -3.55. The van der Waals surface area contributed by atoms with Crippen molar-refractivity contribution in [3.8, 4) is 11.6 Å². The number of nitrogens with zero attached hydrogens (tertiary/aromatic N) is 3. The van der Waals surface area contributed by atoms with E-state index in [0.717, 1.165) is 11.3 Å². The minimum atomic E-state index is -3.55. The van der Waals surface area contributed by atoms with Gasteiger partial charge in [0.2, 0.25) is 11.8 Å². The first-order chi connectivity index (χ1) is 14.4. The molecule has 0 unspecified atom stereocenters. The van der Waals surface area contributed by atoms with Crippen molar-refractivity contribution in [1.29, 1.82) is 0 Å². The zero-order valence-corrected chi connectivity index (χ0v) is 17.1. The second-order valence-electron chi connectivity index (χ2n) is 6.88. The molecule has 30 heavy (non-hydrogen) atoms. The Kier molecular flexibility index (Phi) is 4.60. The zero-order valence-electron chi connectivity index (χ0n) is 15.5. The summed E-state index contributed by atoms with van der Waals surface area (Å²) >= 11 is 6.04. The number of ether oxygens (including phenoxy) is 1. The van der Waals surface area contributed by atoms with Crippen molar-refractivity contribution in [2.24, 2.45) is 0 Å². The maximum Gasteiger partial charge on any atom is 0.285 e. The maximum absolute atomic E-state index is 11.8. The quantitative estimate of drug-likeness (QED) is 0.565. The van der Waals surface area contributed by atoms with Crippen LogP contribution < -0.4 is 24.4 Å². The Morgan fingerprint density at radius 3 is 2.63 bits per heavy atom. The molecule has 0 saturated carbocycles. The van der Waals surface area contributed by atoms with E-state index in [9.17, 15) is 8.42 Å². The van der Waals surface area contributed by atoms with E-state index in [-0.39, 0.29) is 6.04 Å². The molecule has 0 aliphatic carbocycles. The maximum atomic E-state index is 11.8. The topological polar surface area (TPSA) is 108 Å². The Morgan fingerprint density at radius 1 is 1.13 bits per heavy atom.